The number of rotatable bonds is 5. The summed E-state index contributed by atoms with van der Waals surface area (Å²) in [4.78, 5) is 14.8. The Morgan fingerprint density at radius 2 is 2.00 bits per heavy atom. The minimum Gasteiger partial charge on any atom is -0.497 e. The van der Waals surface area contributed by atoms with Gasteiger partial charge in [0.25, 0.3) is 0 Å². The number of nitrogens with zero attached hydrogens (tertiary/aromatic N) is 1. The highest BCUT2D eigenvalue weighted by Crippen LogP contribution is 2.32. The lowest BCUT2D eigenvalue weighted by Crippen LogP contribution is -2.49. The quantitative estimate of drug-likeness (QED) is 0.882. The second kappa shape index (κ2) is 8.43. The second-order valence-corrected chi connectivity index (χ2v) is 6.79. The molecule has 0 saturated carbocycles. The molecule has 1 aromatic rings. The van der Waals surface area contributed by atoms with Gasteiger partial charge in [-0.1, -0.05) is 6.42 Å². The van der Waals surface area contributed by atoms with Gasteiger partial charge in [-0.3, -0.25) is 10.2 Å². The van der Waals surface area contributed by atoms with Crippen LogP contribution < -0.4 is 14.8 Å². The zero-order chi connectivity index (χ0) is 17.6. The van der Waals surface area contributed by atoms with Crippen molar-refractivity contribution >= 4 is 11.8 Å². The molecule has 3 rings (SSSR count). The van der Waals surface area contributed by atoms with Crippen LogP contribution >= 0.6 is 0 Å². The highest BCUT2D eigenvalue weighted by Gasteiger charge is 2.33. The van der Waals surface area contributed by atoms with Gasteiger partial charge in [0, 0.05) is 18.0 Å². The molecule has 2 fully saturated rings. The molecule has 2 atom stereocenters. The van der Waals surface area contributed by atoms with Crippen LogP contribution in [0.25, 0.3) is 0 Å². The summed E-state index contributed by atoms with van der Waals surface area (Å²) in [6.07, 6.45) is 5.68. The number of amides is 1. The molecule has 1 aromatic carbocycles. The first kappa shape index (κ1) is 17.9. The molecule has 0 aromatic heterocycles. The maximum absolute atomic E-state index is 12.2. The number of hydrogen-bond acceptors (Lipinski definition) is 5. The first-order valence-electron chi connectivity index (χ1n) is 9.11. The van der Waals surface area contributed by atoms with Crippen LogP contribution in [0.5, 0.6) is 11.5 Å². The van der Waals surface area contributed by atoms with Crippen molar-refractivity contribution in [2.24, 2.45) is 5.92 Å². The molecule has 0 spiro atoms. The van der Waals surface area contributed by atoms with Crippen molar-refractivity contribution in [3.05, 3.63) is 18.2 Å². The minimum atomic E-state index is -0.445. The van der Waals surface area contributed by atoms with Crippen LogP contribution in [0, 0.1) is 5.92 Å². The third-order valence-corrected chi connectivity index (χ3v) is 5.30. The summed E-state index contributed by atoms with van der Waals surface area (Å²) in [5.41, 5.74) is 0.551. The second-order valence-electron chi connectivity index (χ2n) is 6.79. The smallest absolute Gasteiger partial charge is 0.411 e. The molecule has 2 aliphatic rings. The molecule has 2 unspecified atom stereocenters. The average molecular weight is 348 g/mol. The van der Waals surface area contributed by atoms with Crippen molar-refractivity contribution in [2.75, 3.05) is 39.2 Å². The van der Waals surface area contributed by atoms with Gasteiger partial charge in [-0.25, -0.2) is 4.79 Å². The first-order chi connectivity index (χ1) is 12.2. The fraction of sp³-hybridized carbons (Fsp3) is 0.632. The minimum absolute atomic E-state index is 0.437. The van der Waals surface area contributed by atoms with E-state index in [1.807, 2.05) is 0 Å². The van der Waals surface area contributed by atoms with Gasteiger partial charge >= 0.3 is 6.09 Å². The van der Waals surface area contributed by atoms with Crippen LogP contribution in [0.1, 0.15) is 32.1 Å². The Bertz CT molecular complexity index is 591. The Hall–Kier alpha value is -1.95. The third-order valence-electron chi connectivity index (χ3n) is 5.30. The number of hydrogen-bond donors (Lipinski definition) is 1. The molecule has 0 bridgehead atoms. The van der Waals surface area contributed by atoms with Gasteiger partial charge in [0.1, 0.15) is 11.5 Å². The summed E-state index contributed by atoms with van der Waals surface area (Å²) >= 11 is 0. The monoisotopic (exact) mass is 348 g/mol. The molecule has 1 amide bonds. The lowest BCUT2D eigenvalue weighted by Gasteiger charge is -2.44. The highest BCUT2D eigenvalue weighted by molar-refractivity contribution is 5.87. The van der Waals surface area contributed by atoms with Crippen LogP contribution in [-0.4, -0.2) is 51.0 Å². The normalized spacial score (nSPS) is 23.4. The van der Waals surface area contributed by atoms with Crippen LogP contribution in [0.3, 0.4) is 0 Å². The summed E-state index contributed by atoms with van der Waals surface area (Å²) in [6.45, 7) is 2.85. The van der Waals surface area contributed by atoms with E-state index in [9.17, 15) is 4.79 Å². The lowest BCUT2D eigenvalue weighted by atomic mass is 9.84. The molecule has 0 radical (unpaired) electrons. The predicted octanol–water partition coefficient (Wildman–Crippen LogP) is 3.52. The number of methoxy groups -OCH3 is 2. The molecule has 2 heterocycles. The molecular formula is C19H28N2O4. The molecule has 2 saturated heterocycles. The summed E-state index contributed by atoms with van der Waals surface area (Å²) in [7, 11) is 3.15. The van der Waals surface area contributed by atoms with Crippen LogP contribution in [0.4, 0.5) is 10.5 Å². The molecule has 25 heavy (non-hydrogen) atoms. The Morgan fingerprint density at radius 1 is 1.16 bits per heavy atom. The number of anilines is 1. The number of ether oxygens (including phenoxy) is 3. The van der Waals surface area contributed by atoms with Crippen molar-refractivity contribution < 1.29 is 19.0 Å². The number of benzene rings is 1. The van der Waals surface area contributed by atoms with Crippen molar-refractivity contribution in [2.45, 2.75) is 38.1 Å². The highest BCUT2D eigenvalue weighted by atomic mass is 16.5. The van der Waals surface area contributed by atoms with Gasteiger partial charge in [0.15, 0.2) is 0 Å². The van der Waals surface area contributed by atoms with Crippen molar-refractivity contribution in [1.82, 2.24) is 4.90 Å². The molecule has 6 nitrogen and oxygen atoms in total. The van der Waals surface area contributed by atoms with Crippen LogP contribution in [0.2, 0.25) is 0 Å². The fourth-order valence-electron chi connectivity index (χ4n) is 4.01. The zero-order valence-corrected chi connectivity index (χ0v) is 15.1. The average Bonchev–Trinajstić information content (AvgIpc) is 2.66. The maximum Gasteiger partial charge on any atom is 0.411 e. The van der Waals surface area contributed by atoms with Crippen LogP contribution in [0.15, 0.2) is 18.2 Å². The lowest BCUT2D eigenvalue weighted by molar-refractivity contribution is 0.0261. The van der Waals surface area contributed by atoms with E-state index in [4.69, 9.17) is 14.2 Å². The largest absolute Gasteiger partial charge is 0.497 e. The molecule has 2 aliphatic heterocycles. The van der Waals surface area contributed by atoms with Gasteiger partial charge in [-0.15, -0.1) is 0 Å². The SMILES string of the molecule is COc1ccc(OC)c(NC(=O)OCC2CCCN3CCCCC23)c1. The number of carbonyl (C=O) groups excluding carboxylic acids is 1. The first-order valence-corrected chi connectivity index (χ1v) is 9.11. The van der Waals surface area contributed by atoms with E-state index < -0.39 is 6.09 Å². The fourth-order valence-corrected chi connectivity index (χ4v) is 4.01. The third kappa shape index (κ3) is 4.37. The van der Waals surface area contributed by atoms with E-state index in [0.29, 0.717) is 35.8 Å². The molecule has 138 valence electrons. The molecular weight excluding hydrogens is 320 g/mol. The molecule has 1 N–H and O–H groups in total. The summed E-state index contributed by atoms with van der Waals surface area (Å²) in [5, 5.41) is 2.77. The Morgan fingerprint density at radius 3 is 2.80 bits per heavy atom. The van der Waals surface area contributed by atoms with Crippen molar-refractivity contribution in [3.8, 4) is 11.5 Å². The maximum atomic E-state index is 12.2. The van der Waals surface area contributed by atoms with Gasteiger partial charge in [-0.05, 0) is 50.9 Å². The summed E-state index contributed by atoms with van der Waals surface area (Å²) in [5.74, 6) is 1.67. The summed E-state index contributed by atoms with van der Waals surface area (Å²) in [6, 6.07) is 5.84. The Labute approximate surface area is 149 Å². The predicted molar refractivity (Wildman–Crippen MR) is 96.5 cm³/mol. The summed E-state index contributed by atoms with van der Waals surface area (Å²) < 4.78 is 16.0. The Balaban J connectivity index is 1.56. The van der Waals surface area contributed by atoms with Crippen molar-refractivity contribution in [3.63, 3.8) is 0 Å². The number of nitrogens with one attached hydrogen (secondary N) is 1. The molecule has 0 aliphatic carbocycles. The van der Waals surface area contributed by atoms with E-state index in [0.717, 1.165) is 6.42 Å². The number of piperidine rings is 2. The van der Waals surface area contributed by atoms with E-state index in [-0.39, 0.29) is 0 Å². The zero-order valence-electron chi connectivity index (χ0n) is 15.1. The van der Waals surface area contributed by atoms with Gasteiger partial charge in [0.05, 0.1) is 26.5 Å². The van der Waals surface area contributed by atoms with Crippen molar-refractivity contribution in [1.29, 1.82) is 0 Å². The van der Waals surface area contributed by atoms with Gasteiger partial charge < -0.3 is 14.2 Å². The van der Waals surface area contributed by atoms with E-state index >= 15 is 0 Å². The number of carbonyl (C=O) groups is 1. The van der Waals surface area contributed by atoms with Gasteiger partial charge in [0.2, 0.25) is 0 Å². The van der Waals surface area contributed by atoms with Gasteiger partial charge in [-0.2, -0.15) is 0 Å². The van der Waals surface area contributed by atoms with Crippen LogP contribution in [-0.2, 0) is 4.74 Å². The van der Waals surface area contributed by atoms with E-state index in [1.165, 1.54) is 38.8 Å². The number of fused-ring (bicyclic) bond motifs is 1. The van der Waals surface area contributed by atoms with E-state index in [1.54, 1.807) is 32.4 Å². The standard InChI is InChI=1S/C19H28N2O4/c1-23-15-8-9-18(24-2)16(12-15)20-19(22)25-13-14-6-5-11-21-10-4-3-7-17(14)21/h8-9,12,14,17H,3-7,10-11,13H2,1-2H3,(H,20,22). The topological polar surface area (TPSA) is 60.0 Å². The Kier molecular flexibility index (Phi) is 6.02. The van der Waals surface area contributed by atoms with E-state index in [2.05, 4.69) is 10.2 Å². The molecule has 6 heteroatoms.